The van der Waals surface area contributed by atoms with Crippen LogP contribution in [-0.4, -0.2) is 25.0 Å². The first kappa shape index (κ1) is 14.2. The van der Waals surface area contributed by atoms with Crippen LogP contribution in [0.5, 0.6) is 0 Å². The largest absolute Gasteiger partial charge is 0.312 e. The van der Waals surface area contributed by atoms with Crippen LogP contribution in [0.4, 0.5) is 0 Å². The maximum absolute atomic E-state index is 5.31. The van der Waals surface area contributed by atoms with E-state index in [2.05, 4.69) is 43.1 Å². The number of nitrogens with one attached hydrogen (secondary N) is 1. The third-order valence-corrected chi connectivity index (χ3v) is 3.69. The summed E-state index contributed by atoms with van der Waals surface area (Å²) in [5.74, 6) is 2.67. The second-order valence-electron chi connectivity index (χ2n) is 4.35. The summed E-state index contributed by atoms with van der Waals surface area (Å²) in [6.07, 6.45) is 6.49. The van der Waals surface area contributed by atoms with Crippen LogP contribution in [-0.2, 0) is 13.1 Å². The predicted octanol–water partition coefficient (Wildman–Crippen LogP) is 2.62. The van der Waals surface area contributed by atoms with E-state index in [0.717, 1.165) is 19.6 Å². The van der Waals surface area contributed by atoms with Crippen molar-refractivity contribution in [3.05, 3.63) is 21.4 Å². The Labute approximate surface area is 109 Å². The smallest absolute Gasteiger partial charge is 0.0599 e. The highest BCUT2D eigenvalue weighted by Crippen LogP contribution is 2.22. The molecular weight excluding hydrogens is 228 g/mol. The quantitative estimate of drug-likeness (QED) is 0.591. The number of hydrogen-bond acceptors (Lipinski definition) is 3. The van der Waals surface area contributed by atoms with Crippen LogP contribution in [0.2, 0.25) is 0 Å². The predicted molar refractivity (Wildman–Crippen MR) is 76.2 cm³/mol. The van der Waals surface area contributed by atoms with Crippen LogP contribution in [0.25, 0.3) is 0 Å². The molecule has 0 fully saturated rings. The molecule has 0 spiro atoms. The van der Waals surface area contributed by atoms with Gasteiger partial charge in [-0.05, 0) is 38.6 Å². The molecule has 1 aromatic rings. The fraction of sp³-hybridized carbons (Fsp3) is 0.571. The summed E-state index contributed by atoms with van der Waals surface area (Å²) in [6.45, 7) is 8.10. The average molecular weight is 250 g/mol. The molecule has 2 nitrogen and oxygen atoms in total. The number of hydrogen-bond donors (Lipinski definition) is 1. The van der Waals surface area contributed by atoms with Crippen molar-refractivity contribution in [1.82, 2.24) is 10.2 Å². The summed E-state index contributed by atoms with van der Waals surface area (Å²) in [4.78, 5) is 4.99. The van der Waals surface area contributed by atoms with Gasteiger partial charge in [0, 0.05) is 22.8 Å². The molecule has 0 aromatic carbocycles. The Kier molecular flexibility index (Phi) is 6.28. The van der Waals surface area contributed by atoms with Gasteiger partial charge in [-0.25, -0.2) is 0 Å². The number of aryl methyl sites for hydroxylation is 1. The average Bonchev–Trinajstić information content (AvgIpc) is 2.60. The van der Waals surface area contributed by atoms with Crippen LogP contribution in [0.15, 0.2) is 6.07 Å². The van der Waals surface area contributed by atoms with E-state index < -0.39 is 0 Å². The maximum atomic E-state index is 5.31. The minimum atomic E-state index is 0.707. The lowest BCUT2D eigenvalue weighted by molar-refractivity contribution is 0.369. The van der Waals surface area contributed by atoms with E-state index in [1.165, 1.54) is 21.7 Å². The maximum Gasteiger partial charge on any atom is 0.0599 e. The van der Waals surface area contributed by atoms with Crippen molar-refractivity contribution < 1.29 is 0 Å². The fourth-order valence-electron chi connectivity index (χ4n) is 1.72. The molecule has 3 heteroatoms. The van der Waals surface area contributed by atoms with Gasteiger partial charge in [0.1, 0.15) is 0 Å². The zero-order chi connectivity index (χ0) is 12.7. The van der Waals surface area contributed by atoms with Gasteiger partial charge in [0.2, 0.25) is 0 Å². The molecule has 0 aliphatic rings. The van der Waals surface area contributed by atoms with Crippen molar-refractivity contribution in [1.29, 1.82) is 0 Å². The highest BCUT2D eigenvalue weighted by Gasteiger charge is 2.07. The second-order valence-corrected chi connectivity index (χ2v) is 5.69. The van der Waals surface area contributed by atoms with Crippen molar-refractivity contribution in [2.24, 2.45) is 0 Å². The lowest BCUT2D eigenvalue weighted by Crippen LogP contribution is -2.17. The molecule has 0 amide bonds. The van der Waals surface area contributed by atoms with Gasteiger partial charge in [-0.1, -0.05) is 12.8 Å². The van der Waals surface area contributed by atoms with Gasteiger partial charge in [0.05, 0.1) is 6.54 Å². The summed E-state index contributed by atoms with van der Waals surface area (Å²) in [6, 6.07) is 2.30. The first-order valence-electron chi connectivity index (χ1n) is 6.08. The van der Waals surface area contributed by atoms with Crippen LogP contribution < -0.4 is 5.32 Å². The molecule has 0 saturated heterocycles. The Hall–Kier alpha value is -0.820. The number of nitrogens with zero attached hydrogens (tertiary/aromatic N) is 1. The van der Waals surface area contributed by atoms with Gasteiger partial charge in [-0.2, -0.15) is 0 Å². The van der Waals surface area contributed by atoms with Crippen molar-refractivity contribution in [3.63, 3.8) is 0 Å². The topological polar surface area (TPSA) is 15.3 Å². The van der Waals surface area contributed by atoms with E-state index >= 15 is 0 Å². The van der Waals surface area contributed by atoms with E-state index in [1.807, 2.05) is 11.3 Å². The SMILES string of the molecule is C#CCN(C)Cc1cc(CNCCC)sc1C. The molecule has 1 heterocycles. The van der Waals surface area contributed by atoms with Crippen molar-refractivity contribution in [3.8, 4) is 12.3 Å². The lowest BCUT2D eigenvalue weighted by atomic mass is 10.2. The van der Waals surface area contributed by atoms with Crippen molar-refractivity contribution in [2.75, 3.05) is 20.1 Å². The van der Waals surface area contributed by atoms with Crippen LogP contribution in [0.3, 0.4) is 0 Å². The summed E-state index contributed by atoms with van der Waals surface area (Å²) < 4.78 is 0. The zero-order valence-corrected chi connectivity index (χ0v) is 11.9. The van der Waals surface area contributed by atoms with E-state index in [0.29, 0.717) is 6.54 Å². The lowest BCUT2D eigenvalue weighted by Gasteiger charge is -2.12. The van der Waals surface area contributed by atoms with E-state index in [4.69, 9.17) is 6.42 Å². The number of rotatable bonds is 7. The molecule has 1 rings (SSSR count). The van der Waals surface area contributed by atoms with Crippen LogP contribution in [0, 0.1) is 19.3 Å². The highest BCUT2D eigenvalue weighted by atomic mass is 32.1. The Balaban J connectivity index is 2.53. The number of thiophene rings is 1. The molecule has 0 radical (unpaired) electrons. The summed E-state index contributed by atoms with van der Waals surface area (Å²) in [5.41, 5.74) is 1.40. The van der Waals surface area contributed by atoms with Gasteiger partial charge in [0.15, 0.2) is 0 Å². The minimum Gasteiger partial charge on any atom is -0.312 e. The molecule has 1 N–H and O–H groups in total. The Morgan fingerprint density at radius 2 is 2.29 bits per heavy atom. The zero-order valence-electron chi connectivity index (χ0n) is 11.0. The molecule has 0 bridgehead atoms. The van der Waals surface area contributed by atoms with Gasteiger partial charge < -0.3 is 5.32 Å². The summed E-state index contributed by atoms with van der Waals surface area (Å²) in [5, 5.41) is 3.43. The van der Waals surface area contributed by atoms with Gasteiger partial charge in [-0.15, -0.1) is 17.8 Å². The normalized spacial score (nSPS) is 10.8. The van der Waals surface area contributed by atoms with Crippen molar-refractivity contribution >= 4 is 11.3 Å². The van der Waals surface area contributed by atoms with E-state index in [-0.39, 0.29) is 0 Å². The first-order chi connectivity index (χ1) is 8.17. The molecule has 17 heavy (non-hydrogen) atoms. The molecule has 94 valence electrons. The van der Waals surface area contributed by atoms with Crippen LogP contribution in [0.1, 0.15) is 28.7 Å². The van der Waals surface area contributed by atoms with Gasteiger partial charge in [0.25, 0.3) is 0 Å². The monoisotopic (exact) mass is 250 g/mol. The highest BCUT2D eigenvalue weighted by molar-refractivity contribution is 7.12. The summed E-state index contributed by atoms with van der Waals surface area (Å²) >= 11 is 1.88. The minimum absolute atomic E-state index is 0.707. The Bertz CT molecular complexity index is 376. The molecule has 0 unspecified atom stereocenters. The van der Waals surface area contributed by atoms with Crippen LogP contribution >= 0.6 is 11.3 Å². The van der Waals surface area contributed by atoms with E-state index in [9.17, 15) is 0 Å². The Morgan fingerprint density at radius 1 is 1.53 bits per heavy atom. The van der Waals surface area contributed by atoms with Gasteiger partial charge in [-0.3, -0.25) is 4.90 Å². The van der Waals surface area contributed by atoms with Crippen molar-refractivity contribution in [2.45, 2.75) is 33.4 Å². The first-order valence-corrected chi connectivity index (χ1v) is 6.90. The molecule has 0 aliphatic carbocycles. The summed E-state index contributed by atoms with van der Waals surface area (Å²) in [7, 11) is 2.06. The molecule has 0 saturated carbocycles. The number of terminal acetylenes is 1. The molecule has 0 aliphatic heterocycles. The third kappa shape index (κ3) is 4.91. The fourth-order valence-corrected chi connectivity index (χ4v) is 2.75. The van der Waals surface area contributed by atoms with Gasteiger partial charge >= 0.3 is 0 Å². The standard InChI is InChI=1S/C14H22N2S/c1-5-7-15-10-14-9-13(12(3)17-14)11-16(4)8-6-2/h2,9,15H,5,7-8,10-11H2,1,3-4H3. The Morgan fingerprint density at radius 3 is 2.94 bits per heavy atom. The molecular formula is C14H22N2S. The third-order valence-electron chi connectivity index (χ3n) is 2.60. The second kappa shape index (κ2) is 7.50. The molecule has 1 aromatic heterocycles. The van der Waals surface area contributed by atoms with E-state index in [1.54, 1.807) is 0 Å². The molecule has 0 atom stereocenters.